The summed E-state index contributed by atoms with van der Waals surface area (Å²) in [4.78, 5) is 0. The first-order valence-electron chi connectivity index (χ1n) is 5.14. The zero-order valence-corrected chi connectivity index (χ0v) is 8.32. The van der Waals surface area contributed by atoms with Crippen molar-refractivity contribution in [2.24, 2.45) is 11.3 Å². The molecule has 0 aromatic heterocycles. The van der Waals surface area contributed by atoms with Gasteiger partial charge in [-0.1, -0.05) is 40.0 Å². The van der Waals surface area contributed by atoms with Crippen LogP contribution in [0.15, 0.2) is 0 Å². The molecule has 0 aliphatic heterocycles. The second-order valence-corrected chi connectivity index (χ2v) is 4.87. The SMILES string of the molecule is CCC1CCCC(C)(C)CC1. The van der Waals surface area contributed by atoms with Gasteiger partial charge in [0.05, 0.1) is 0 Å². The first-order chi connectivity index (χ1) is 5.14. The Labute approximate surface area is 71.4 Å². The summed E-state index contributed by atoms with van der Waals surface area (Å²) >= 11 is 0. The molecule has 1 saturated carbocycles. The molecular formula is C11H22. The van der Waals surface area contributed by atoms with Crippen molar-refractivity contribution in [1.29, 1.82) is 0 Å². The topological polar surface area (TPSA) is 0 Å². The smallest absolute Gasteiger partial charge is 0.0354 e. The van der Waals surface area contributed by atoms with Crippen LogP contribution in [-0.2, 0) is 0 Å². The standard InChI is InChI=1S/C11H22/c1-4-10-6-5-8-11(2,3)9-7-10/h10H,4-9H2,1-3H3. The lowest BCUT2D eigenvalue weighted by molar-refractivity contribution is 0.307. The highest BCUT2D eigenvalue weighted by Gasteiger charge is 2.23. The fourth-order valence-electron chi connectivity index (χ4n) is 2.14. The minimum atomic E-state index is 0.643. The molecule has 1 aliphatic rings. The van der Waals surface area contributed by atoms with Gasteiger partial charge in [0.2, 0.25) is 0 Å². The molecule has 0 heterocycles. The molecular weight excluding hydrogens is 132 g/mol. The van der Waals surface area contributed by atoms with Crippen LogP contribution in [0.4, 0.5) is 0 Å². The van der Waals surface area contributed by atoms with Gasteiger partial charge in [-0.05, 0) is 30.6 Å². The molecule has 1 aliphatic carbocycles. The highest BCUT2D eigenvalue weighted by molar-refractivity contribution is 4.75. The Balaban J connectivity index is 2.39. The summed E-state index contributed by atoms with van der Waals surface area (Å²) in [5.41, 5.74) is 0.643. The molecule has 0 spiro atoms. The Kier molecular flexibility index (Phi) is 2.98. The van der Waals surface area contributed by atoms with Crippen molar-refractivity contribution in [2.75, 3.05) is 0 Å². The second-order valence-electron chi connectivity index (χ2n) is 4.87. The van der Waals surface area contributed by atoms with Gasteiger partial charge in [0.1, 0.15) is 0 Å². The summed E-state index contributed by atoms with van der Waals surface area (Å²) in [6, 6.07) is 0. The summed E-state index contributed by atoms with van der Waals surface area (Å²) in [5.74, 6) is 1.04. The van der Waals surface area contributed by atoms with Crippen LogP contribution in [-0.4, -0.2) is 0 Å². The van der Waals surface area contributed by atoms with Crippen LogP contribution in [0, 0.1) is 11.3 Å². The normalized spacial score (nSPS) is 31.4. The van der Waals surface area contributed by atoms with E-state index in [1.807, 2.05) is 0 Å². The van der Waals surface area contributed by atoms with E-state index in [0.717, 1.165) is 5.92 Å². The van der Waals surface area contributed by atoms with E-state index >= 15 is 0 Å². The lowest BCUT2D eigenvalue weighted by Gasteiger charge is -2.21. The largest absolute Gasteiger partial charge is 0.0651 e. The first kappa shape index (κ1) is 9.09. The van der Waals surface area contributed by atoms with Crippen LogP contribution in [0.1, 0.15) is 59.3 Å². The minimum absolute atomic E-state index is 0.643. The minimum Gasteiger partial charge on any atom is -0.0651 e. The maximum absolute atomic E-state index is 2.42. The molecule has 0 nitrogen and oxygen atoms in total. The molecule has 1 fully saturated rings. The number of rotatable bonds is 1. The van der Waals surface area contributed by atoms with Crippen molar-refractivity contribution in [1.82, 2.24) is 0 Å². The second kappa shape index (κ2) is 3.60. The monoisotopic (exact) mass is 154 g/mol. The molecule has 1 atom stereocenters. The van der Waals surface area contributed by atoms with Crippen molar-refractivity contribution in [3.8, 4) is 0 Å². The molecule has 1 rings (SSSR count). The van der Waals surface area contributed by atoms with E-state index in [1.165, 1.54) is 38.5 Å². The van der Waals surface area contributed by atoms with E-state index in [2.05, 4.69) is 20.8 Å². The van der Waals surface area contributed by atoms with Gasteiger partial charge < -0.3 is 0 Å². The summed E-state index contributed by atoms with van der Waals surface area (Å²) in [7, 11) is 0. The average Bonchev–Trinajstić information content (AvgIpc) is 2.10. The Hall–Kier alpha value is 0. The van der Waals surface area contributed by atoms with Crippen LogP contribution in [0.2, 0.25) is 0 Å². The van der Waals surface area contributed by atoms with Crippen LogP contribution >= 0.6 is 0 Å². The predicted octanol–water partition coefficient (Wildman–Crippen LogP) is 4.00. The maximum atomic E-state index is 2.42. The Morgan fingerprint density at radius 3 is 2.55 bits per heavy atom. The van der Waals surface area contributed by atoms with Crippen LogP contribution in [0.3, 0.4) is 0 Å². The fraction of sp³-hybridized carbons (Fsp3) is 1.00. The first-order valence-corrected chi connectivity index (χ1v) is 5.14. The van der Waals surface area contributed by atoms with Gasteiger partial charge in [-0.25, -0.2) is 0 Å². The van der Waals surface area contributed by atoms with E-state index in [9.17, 15) is 0 Å². The van der Waals surface area contributed by atoms with Crippen molar-refractivity contribution in [3.63, 3.8) is 0 Å². The third kappa shape index (κ3) is 2.84. The van der Waals surface area contributed by atoms with Gasteiger partial charge in [0, 0.05) is 0 Å². The molecule has 1 unspecified atom stereocenters. The summed E-state index contributed by atoms with van der Waals surface area (Å²) in [6.07, 6.45) is 8.72. The average molecular weight is 154 g/mol. The van der Waals surface area contributed by atoms with Gasteiger partial charge in [-0.2, -0.15) is 0 Å². The van der Waals surface area contributed by atoms with Crippen molar-refractivity contribution < 1.29 is 0 Å². The molecule has 0 saturated heterocycles. The van der Waals surface area contributed by atoms with E-state index in [0.29, 0.717) is 5.41 Å². The molecule has 66 valence electrons. The zero-order valence-electron chi connectivity index (χ0n) is 8.32. The van der Waals surface area contributed by atoms with Gasteiger partial charge in [0.25, 0.3) is 0 Å². The lowest BCUT2D eigenvalue weighted by atomic mass is 9.84. The van der Waals surface area contributed by atoms with E-state index in [-0.39, 0.29) is 0 Å². The van der Waals surface area contributed by atoms with Crippen LogP contribution < -0.4 is 0 Å². The highest BCUT2D eigenvalue weighted by atomic mass is 14.3. The molecule has 0 N–H and O–H groups in total. The quantitative estimate of drug-likeness (QED) is 0.501. The predicted molar refractivity (Wildman–Crippen MR) is 50.6 cm³/mol. The highest BCUT2D eigenvalue weighted by Crippen LogP contribution is 2.36. The zero-order chi connectivity index (χ0) is 8.32. The molecule has 0 aromatic carbocycles. The summed E-state index contributed by atoms with van der Waals surface area (Å²) < 4.78 is 0. The van der Waals surface area contributed by atoms with E-state index < -0.39 is 0 Å². The molecule has 0 heteroatoms. The lowest BCUT2D eigenvalue weighted by Crippen LogP contribution is -2.08. The maximum Gasteiger partial charge on any atom is -0.0354 e. The summed E-state index contributed by atoms with van der Waals surface area (Å²) in [6.45, 7) is 7.18. The van der Waals surface area contributed by atoms with Gasteiger partial charge in [-0.3, -0.25) is 0 Å². The summed E-state index contributed by atoms with van der Waals surface area (Å²) in [5, 5.41) is 0. The Morgan fingerprint density at radius 1 is 1.18 bits per heavy atom. The van der Waals surface area contributed by atoms with Crippen molar-refractivity contribution in [2.45, 2.75) is 59.3 Å². The molecule has 0 aromatic rings. The Bertz CT molecular complexity index is 113. The van der Waals surface area contributed by atoms with Gasteiger partial charge >= 0.3 is 0 Å². The fourth-order valence-corrected chi connectivity index (χ4v) is 2.14. The molecule has 0 bridgehead atoms. The number of hydrogen-bond acceptors (Lipinski definition) is 0. The third-order valence-electron chi connectivity index (χ3n) is 3.27. The molecule has 0 radical (unpaired) electrons. The van der Waals surface area contributed by atoms with Crippen molar-refractivity contribution in [3.05, 3.63) is 0 Å². The van der Waals surface area contributed by atoms with Gasteiger partial charge in [0.15, 0.2) is 0 Å². The van der Waals surface area contributed by atoms with Crippen molar-refractivity contribution >= 4 is 0 Å². The Morgan fingerprint density at radius 2 is 1.91 bits per heavy atom. The van der Waals surface area contributed by atoms with E-state index in [4.69, 9.17) is 0 Å². The third-order valence-corrected chi connectivity index (χ3v) is 3.27. The van der Waals surface area contributed by atoms with Crippen LogP contribution in [0.25, 0.3) is 0 Å². The molecule has 0 amide bonds. The van der Waals surface area contributed by atoms with Gasteiger partial charge in [-0.15, -0.1) is 0 Å². The number of hydrogen-bond donors (Lipinski definition) is 0. The van der Waals surface area contributed by atoms with Crippen LogP contribution in [0.5, 0.6) is 0 Å². The van der Waals surface area contributed by atoms with E-state index in [1.54, 1.807) is 0 Å². The molecule has 11 heavy (non-hydrogen) atoms.